The molecule has 0 spiro atoms. The number of hydrogen-bond acceptors (Lipinski definition) is 5. The van der Waals surface area contributed by atoms with Crippen molar-refractivity contribution in [2.24, 2.45) is 0 Å². The Balaban J connectivity index is 1.91. The average Bonchev–Trinajstić information content (AvgIpc) is 2.82. The van der Waals surface area contributed by atoms with Crippen LogP contribution in [0.2, 0.25) is 0 Å². The van der Waals surface area contributed by atoms with Gasteiger partial charge in [-0.1, -0.05) is 12.8 Å². The first kappa shape index (κ1) is 14.4. The number of ether oxygens (including phenoxy) is 1. The number of nitrogens with zero attached hydrogens (tertiary/aromatic N) is 5. The van der Waals surface area contributed by atoms with Crippen molar-refractivity contribution in [1.82, 2.24) is 15.0 Å². The number of hydrogen-bond donors (Lipinski definition) is 0. The fourth-order valence-corrected chi connectivity index (χ4v) is 2.70. The van der Waals surface area contributed by atoms with Crippen molar-refractivity contribution < 1.29 is 4.74 Å². The van der Waals surface area contributed by atoms with Crippen molar-refractivity contribution in [3.63, 3.8) is 0 Å². The van der Waals surface area contributed by atoms with Gasteiger partial charge >= 0.3 is 0 Å². The highest BCUT2D eigenvalue weighted by Gasteiger charge is 2.19. The number of aromatic nitrogens is 3. The first-order valence-corrected chi connectivity index (χ1v) is 7.58. The van der Waals surface area contributed by atoms with Crippen LogP contribution in [0.3, 0.4) is 0 Å². The van der Waals surface area contributed by atoms with Crippen LogP contribution in [-0.4, -0.2) is 35.2 Å². The fraction of sp³-hybridized carbons (Fsp3) is 0.438. The van der Waals surface area contributed by atoms with Gasteiger partial charge in [-0.15, -0.1) is 15.0 Å². The molecule has 2 aromatic rings. The lowest BCUT2D eigenvalue weighted by Crippen LogP contribution is -2.25. The van der Waals surface area contributed by atoms with E-state index < -0.39 is 0 Å². The van der Waals surface area contributed by atoms with E-state index in [9.17, 15) is 5.26 Å². The molecule has 0 saturated carbocycles. The van der Waals surface area contributed by atoms with E-state index >= 15 is 0 Å². The van der Waals surface area contributed by atoms with Gasteiger partial charge in [-0.3, -0.25) is 0 Å². The number of benzene rings is 1. The first-order chi connectivity index (χ1) is 10.8. The van der Waals surface area contributed by atoms with E-state index in [1.54, 1.807) is 7.11 Å². The van der Waals surface area contributed by atoms with Gasteiger partial charge in [-0.25, -0.2) is 0 Å². The summed E-state index contributed by atoms with van der Waals surface area (Å²) in [6, 6.07) is 9.64. The van der Waals surface area contributed by atoms with Crippen molar-refractivity contribution in [3.8, 4) is 17.5 Å². The smallest absolute Gasteiger partial charge is 0.207 e. The van der Waals surface area contributed by atoms with Crippen LogP contribution in [0.1, 0.15) is 31.4 Å². The summed E-state index contributed by atoms with van der Waals surface area (Å²) in [5.74, 6) is 1.48. The van der Waals surface area contributed by atoms with Gasteiger partial charge < -0.3 is 9.64 Å². The minimum Gasteiger partial charge on any atom is -0.497 e. The van der Waals surface area contributed by atoms with Gasteiger partial charge in [0.15, 0.2) is 5.82 Å². The number of nitriles is 1. The van der Waals surface area contributed by atoms with Gasteiger partial charge in [-0.05, 0) is 37.1 Å². The number of anilines is 1. The normalized spacial score (nSPS) is 15.2. The summed E-state index contributed by atoms with van der Waals surface area (Å²) in [6.45, 7) is 1.88. The maximum Gasteiger partial charge on any atom is 0.207 e. The molecule has 3 rings (SSSR count). The Bertz CT molecular complexity index is 663. The van der Waals surface area contributed by atoms with Crippen LogP contribution in [0.15, 0.2) is 24.3 Å². The Morgan fingerprint density at radius 2 is 1.73 bits per heavy atom. The van der Waals surface area contributed by atoms with Crippen LogP contribution < -0.4 is 9.64 Å². The van der Waals surface area contributed by atoms with Gasteiger partial charge in [0, 0.05) is 13.1 Å². The molecular weight excluding hydrogens is 278 g/mol. The highest BCUT2D eigenvalue weighted by molar-refractivity contribution is 5.50. The second-order valence-electron chi connectivity index (χ2n) is 5.37. The highest BCUT2D eigenvalue weighted by atomic mass is 16.5. The molecule has 0 unspecified atom stereocenters. The van der Waals surface area contributed by atoms with Crippen LogP contribution in [0, 0.1) is 11.3 Å². The Morgan fingerprint density at radius 1 is 1.05 bits per heavy atom. The highest BCUT2D eigenvalue weighted by Crippen LogP contribution is 2.22. The zero-order valence-electron chi connectivity index (χ0n) is 12.7. The molecule has 1 aliphatic heterocycles. The molecule has 0 bridgehead atoms. The number of rotatable bonds is 3. The monoisotopic (exact) mass is 297 g/mol. The Labute approximate surface area is 129 Å². The van der Waals surface area contributed by atoms with Crippen LogP contribution >= 0.6 is 0 Å². The van der Waals surface area contributed by atoms with Gasteiger partial charge in [-0.2, -0.15) is 5.26 Å². The molecule has 1 fully saturated rings. The lowest BCUT2D eigenvalue weighted by molar-refractivity contribution is 0.414. The molecule has 22 heavy (non-hydrogen) atoms. The SMILES string of the molecule is COc1ccc(-n2nc(C#N)c(N3CCCCCC3)n2)cc1. The van der Waals surface area contributed by atoms with Crippen molar-refractivity contribution in [2.45, 2.75) is 25.7 Å². The number of methoxy groups -OCH3 is 1. The van der Waals surface area contributed by atoms with Crippen molar-refractivity contribution in [3.05, 3.63) is 30.0 Å². The topological polar surface area (TPSA) is 67.0 Å². The van der Waals surface area contributed by atoms with Gasteiger partial charge in [0.05, 0.1) is 12.8 Å². The summed E-state index contributed by atoms with van der Waals surface area (Å²) < 4.78 is 5.15. The molecule has 6 nitrogen and oxygen atoms in total. The standard InChI is InChI=1S/C16H19N5O/c1-22-14-8-6-13(7-9-14)21-18-15(12-17)16(19-21)20-10-4-2-3-5-11-20/h6-9H,2-5,10-11H2,1H3. The average molecular weight is 297 g/mol. The van der Waals surface area contributed by atoms with Crippen LogP contribution in [-0.2, 0) is 0 Å². The van der Waals surface area contributed by atoms with Crippen molar-refractivity contribution in [2.75, 3.05) is 25.1 Å². The third kappa shape index (κ3) is 2.89. The Kier molecular flexibility index (Phi) is 4.24. The molecule has 1 aromatic heterocycles. The molecule has 0 atom stereocenters. The van der Waals surface area contributed by atoms with Gasteiger partial charge in [0.2, 0.25) is 5.69 Å². The second-order valence-corrected chi connectivity index (χ2v) is 5.37. The van der Waals surface area contributed by atoms with E-state index in [1.165, 1.54) is 17.6 Å². The molecular formula is C16H19N5O. The van der Waals surface area contributed by atoms with E-state index in [0.29, 0.717) is 11.5 Å². The van der Waals surface area contributed by atoms with Crippen LogP contribution in [0.25, 0.3) is 5.69 Å². The maximum atomic E-state index is 9.35. The quantitative estimate of drug-likeness (QED) is 0.871. The molecule has 2 heterocycles. The minimum absolute atomic E-state index is 0.387. The Morgan fingerprint density at radius 3 is 2.32 bits per heavy atom. The minimum atomic E-state index is 0.387. The molecule has 0 aliphatic carbocycles. The van der Waals surface area contributed by atoms with Gasteiger partial charge in [0.25, 0.3) is 0 Å². The van der Waals surface area contributed by atoms with Crippen molar-refractivity contribution in [1.29, 1.82) is 5.26 Å². The summed E-state index contributed by atoms with van der Waals surface area (Å²) in [5, 5.41) is 18.2. The lowest BCUT2D eigenvalue weighted by Gasteiger charge is -2.18. The molecule has 114 valence electrons. The molecule has 1 aliphatic rings. The summed E-state index contributed by atoms with van der Waals surface area (Å²) in [5.41, 5.74) is 1.20. The largest absolute Gasteiger partial charge is 0.497 e. The summed E-state index contributed by atoms with van der Waals surface area (Å²) >= 11 is 0. The summed E-state index contributed by atoms with van der Waals surface area (Å²) in [6.07, 6.45) is 4.76. The predicted octanol–water partition coefficient (Wildman–Crippen LogP) is 2.53. The third-order valence-corrected chi connectivity index (χ3v) is 3.91. The van der Waals surface area contributed by atoms with E-state index in [0.717, 1.165) is 37.4 Å². The first-order valence-electron chi connectivity index (χ1n) is 7.58. The lowest BCUT2D eigenvalue weighted by atomic mass is 10.2. The summed E-state index contributed by atoms with van der Waals surface area (Å²) in [4.78, 5) is 3.71. The third-order valence-electron chi connectivity index (χ3n) is 3.91. The maximum absolute atomic E-state index is 9.35. The van der Waals surface area contributed by atoms with Crippen LogP contribution in [0.5, 0.6) is 5.75 Å². The predicted molar refractivity (Wildman–Crippen MR) is 83.3 cm³/mol. The molecule has 0 amide bonds. The molecule has 6 heteroatoms. The molecule has 0 radical (unpaired) electrons. The van der Waals surface area contributed by atoms with Crippen molar-refractivity contribution >= 4 is 5.82 Å². The zero-order valence-corrected chi connectivity index (χ0v) is 12.7. The van der Waals surface area contributed by atoms with E-state index in [2.05, 4.69) is 21.2 Å². The van der Waals surface area contributed by atoms with Crippen LogP contribution in [0.4, 0.5) is 5.82 Å². The second kappa shape index (κ2) is 6.48. The Hall–Kier alpha value is -2.55. The molecule has 1 saturated heterocycles. The van der Waals surface area contributed by atoms with Gasteiger partial charge in [0.1, 0.15) is 11.8 Å². The molecule has 0 N–H and O–H groups in total. The van der Waals surface area contributed by atoms with E-state index in [-0.39, 0.29) is 0 Å². The fourth-order valence-electron chi connectivity index (χ4n) is 2.70. The molecule has 1 aromatic carbocycles. The zero-order chi connectivity index (χ0) is 15.4. The summed E-state index contributed by atoms with van der Waals surface area (Å²) in [7, 11) is 1.63. The van der Waals surface area contributed by atoms with E-state index in [4.69, 9.17) is 4.74 Å². The van der Waals surface area contributed by atoms with E-state index in [1.807, 2.05) is 24.3 Å².